The smallest absolute Gasteiger partial charge is 0.242 e. The van der Waals surface area contributed by atoms with Crippen LogP contribution in [0.25, 0.3) is 0 Å². The average Bonchev–Trinajstić information content (AvgIpc) is 2.81. The van der Waals surface area contributed by atoms with Crippen molar-refractivity contribution < 1.29 is 19.1 Å². The Morgan fingerprint density at radius 2 is 1.66 bits per heavy atom. The highest BCUT2D eigenvalue weighted by Gasteiger charge is 2.26. The summed E-state index contributed by atoms with van der Waals surface area (Å²) in [6, 6.07) is 14.6. The third kappa shape index (κ3) is 8.19. The van der Waals surface area contributed by atoms with E-state index in [1.165, 1.54) is 0 Å². The van der Waals surface area contributed by atoms with Crippen LogP contribution in [0, 0.1) is 0 Å². The minimum Gasteiger partial charge on any atom is -0.497 e. The van der Waals surface area contributed by atoms with Crippen molar-refractivity contribution in [3.63, 3.8) is 0 Å². The number of rotatable bonds is 12. The first-order valence-corrected chi connectivity index (χ1v) is 11.7. The Kier molecular flexibility index (Phi) is 10.5. The van der Waals surface area contributed by atoms with E-state index < -0.39 is 6.04 Å². The third-order valence-corrected chi connectivity index (χ3v) is 5.83. The van der Waals surface area contributed by atoms with Gasteiger partial charge in [0.1, 0.15) is 17.5 Å². The average molecular weight is 505 g/mol. The lowest BCUT2D eigenvalue weighted by atomic mass is 10.1. The molecule has 0 saturated heterocycles. The minimum atomic E-state index is -0.567. The molecule has 0 aliphatic carbocycles. The zero-order chi connectivity index (χ0) is 23.5. The van der Waals surface area contributed by atoms with Crippen molar-refractivity contribution in [2.75, 3.05) is 13.7 Å². The number of nitrogens with one attached hydrogen (secondary N) is 1. The molecular weight excluding hydrogens is 472 g/mol. The Labute approximate surface area is 199 Å². The Morgan fingerprint density at radius 3 is 2.25 bits per heavy atom. The molecule has 0 aliphatic rings. The Bertz CT molecular complexity index is 855. The van der Waals surface area contributed by atoms with Crippen LogP contribution in [-0.4, -0.2) is 42.5 Å². The van der Waals surface area contributed by atoms with E-state index in [9.17, 15) is 9.59 Å². The lowest BCUT2D eigenvalue weighted by molar-refractivity contribution is -0.141. The van der Waals surface area contributed by atoms with Crippen LogP contribution >= 0.6 is 15.9 Å². The van der Waals surface area contributed by atoms with Crippen LogP contribution in [0.3, 0.4) is 0 Å². The molecule has 0 saturated carbocycles. The summed E-state index contributed by atoms with van der Waals surface area (Å²) in [6.07, 6.45) is 1.69. The lowest BCUT2D eigenvalue weighted by Crippen LogP contribution is -2.49. The van der Waals surface area contributed by atoms with Gasteiger partial charge in [0.2, 0.25) is 11.8 Å². The molecule has 0 aromatic heterocycles. The molecule has 174 valence electrons. The predicted molar refractivity (Wildman–Crippen MR) is 130 cm³/mol. The van der Waals surface area contributed by atoms with E-state index in [-0.39, 0.29) is 17.9 Å². The first-order valence-electron chi connectivity index (χ1n) is 10.9. The monoisotopic (exact) mass is 504 g/mol. The number of nitrogens with zero attached hydrogens (tertiary/aromatic N) is 1. The van der Waals surface area contributed by atoms with Gasteiger partial charge < -0.3 is 19.7 Å². The first-order chi connectivity index (χ1) is 15.3. The SMILES string of the molecule is CC[C@@H](C)NC(=O)[C@@H](C)N(Cc1ccc(Br)cc1)C(=O)CCCOc1ccc(OC)cc1. The molecule has 0 aliphatic heterocycles. The molecule has 2 rings (SSSR count). The highest BCUT2D eigenvalue weighted by molar-refractivity contribution is 9.10. The van der Waals surface area contributed by atoms with Gasteiger partial charge in [-0.1, -0.05) is 35.0 Å². The first kappa shape index (κ1) is 25.7. The molecule has 2 aromatic rings. The maximum absolute atomic E-state index is 13.1. The normalized spacial score (nSPS) is 12.5. The van der Waals surface area contributed by atoms with Gasteiger partial charge in [0, 0.05) is 23.5 Å². The lowest BCUT2D eigenvalue weighted by Gasteiger charge is -2.29. The fraction of sp³-hybridized carbons (Fsp3) is 0.440. The molecule has 2 amide bonds. The fourth-order valence-corrected chi connectivity index (χ4v) is 3.33. The van der Waals surface area contributed by atoms with Crippen molar-refractivity contribution in [2.45, 2.75) is 58.7 Å². The molecule has 0 bridgehead atoms. The van der Waals surface area contributed by atoms with Crippen LogP contribution in [0.4, 0.5) is 0 Å². The van der Waals surface area contributed by atoms with E-state index >= 15 is 0 Å². The second-order valence-corrected chi connectivity index (χ2v) is 8.69. The number of hydrogen-bond acceptors (Lipinski definition) is 4. The zero-order valence-corrected chi connectivity index (χ0v) is 20.9. The highest BCUT2D eigenvalue weighted by atomic mass is 79.9. The van der Waals surface area contributed by atoms with Crippen molar-refractivity contribution in [1.82, 2.24) is 10.2 Å². The quantitative estimate of drug-likeness (QED) is 0.415. The predicted octanol–water partition coefficient (Wildman–Crippen LogP) is 4.95. The summed E-state index contributed by atoms with van der Waals surface area (Å²) in [5.74, 6) is 1.28. The summed E-state index contributed by atoms with van der Waals surface area (Å²) in [4.78, 5) is 27.4. The van der Waals surface area contributed by atoms with E-state index in [1.54, 1.807) is 18.9 Å². The molecule has 0 fully saturated rings. The number of carbonyl (C=O) groups is 2. The molecule has 32 heavy (non-hydrogen) atoms. The second kappa shape index (κ2) is 13.1. The standard InChI is InChI=1S/C25H33BrN2O4/c1-5-18(2)27-25(30)19(3)28(17-20-8-10-21(26)11-9-20)24(29)7-6-16-32-23-14-12-22(31-4)13-15-23/h8-15,18-19H,5-7,16-17H2,1-4H3,(H,27,30)/t18-,19-/m1/s1. The van der Waals surface area contributed by atoms with Gasteiger partial charge in [0.05, 0.1) is 13.7 Å². The van der Waals surface area contributed by atoms with Gasteiger partial charge in [-0.05, 0) is 68.7 Å². The number of hydrogen-bond donors (Lipinski definition) is 1. The van der Waals surface area contributed by atoms with Crippen LogP contribution in [0.2, 0.25) is 0 Å². The maximum Gasteiger partial charge on any atom is 0.242 e. The maximum atomic E-state index is 13.1. The van der Waals surface area contributed by atoms with Gasteiger partial charge in [0.25, 0.3) is 0 Å². The number of methoxy groups -OCH3 is 1. The molecule has 2 atom stereocenters. The number of carbonyl (C=O) groups excluding carboxylic acids is 2. The van der Waals surface area contributed by atoms with Crippen molar-refractivity contribution in [1.29, 1.82) is 0 Å². The summed E-state index contributed by atoms with van der Waals surface area (Å²) < 4.78 is 11.8. The minimum absolute atomic E-state index is 0.0625. The van der Waals surface area contributed by atoms with Gasteiger partial charge in [-0.3, -0.25) is 9.59 Å². The van der Waals surface area contributed by atoms with Crippen molar-refractivity contribution in [3.8, 4) is 11.5 Å². The van der Waals surface area contributed by atoms with Gasteiger partial charge in [-0.25, -0.2) is 0 Å². The molecule has 0 unspecified atom stereocenters. The van der Waals surface area contributed by atoms with Gasteiger partial charge >= 0.3 is 0 Å². The van der Waals surface area contributed by atoms with Gasteiger partial charge in [0.15, 0.2) is 0 Å². The van der Waals surface area contributed by atoms with Crippen LogP contribution < -0.4 is 14.8 Å². The van der Waals surface area contributed by atoms with E-state index in [2.05, 4.69) is 21.2 Å². The van der Waals surface area contributed by atoms with Crippen LogP contribution in [-0.2, 0) is 16.1 Å². The molecule has 0 radical (unpaired) electrons. The van der Waals surface area contributed by atoms with E-state index in [0.29, 0.717) is 26.0 Å². The zero-order valence-electron chi connectivity index (χ0n) is 19.3. The molecule has 6 nitrogen and oxygen atoms in total. The molecule has 2 aromatic carbocycles. The molecule has 0 spiro atoms. The van der Waals surface area contributed by atoms with Crippen molar-refractivity contribution in [3.05, 3.63) is 58.6 Å². The highest BCUT2D eigenvalue weighted by Crippen LogP contribution is 2.18. The summed E-state index contributed by atoms with van der Waals surface area (Å²) in [5.41, 5.74) is 0.972. The largest absolute Gasteiger partial charge is 0.497 e. The second-order valence-electron chi connectivity index (χ2n) is 7.77. The topological polar surface area (TPSA) is 67.9 Å². The van der Waals surface area contributed by atoms with Crippen LogP contribution in [0.15, 0.2) is 53.0 Å². The third-order valence-electron chi connectivity index (χ3n) is 5.30. The summed E-state index contributed by atoms with van der Waals surface area (Å²) in [7, 11) is 1.62. The number of halogens is 1. The number of amides is 2. The molecule has 0 heterocycles. The summed E-state index contributed by atoms with van der Waals surface area (Å²) in [5, 5.41) is 2.98. The Morgan fingerprint density at radius 1 is 1.03 bits per heavy atom. The van der Waals surface area contributed by atoms with Crippen molar-refractivity contribution >= 4 is 27.7 Å². The number of ether oxygens (including phenoxy) is 2. The summed E-state index contributed by atoms with van der Waals surface area (Å²) >= 11 is 3.43. The van der Waals surface area contributed by atoms with Gasteiger partial charge in [-0.2, -0.15) is 0 Å². The fourth-order valence-electron chi connectivity index (χ4n) is 3.06. The Hall–Kier alpha value is -2.54. The molecule has 7 heteroatoms. The molecular formula is C25H33BrN2O4. The Balaban J connectivity index is 1.98. The molecule has 1 N–H and O–H groups in total. The van der Waals surface area contributed by atoms with Crippen LogP contribution in [0.5, 0.6) is 11.5 Å². The van der Waals surface area contributed by atoms with E-state index in [0.717, 1.165) is 28.0 Å². The van der Waals surface area contributed by atoms with E-state index in [4.69, 9.17) is 9.47 Å². The van der Waals surface area contributed by atoms with Crippen molar-refractivity contribution in [2.24, 2.45) is 0 Å². The van der Waals surface area contributed by atoms with E-state index in [1.807, 2.05) is 62.4 Å². The summed E-state index contributed by atoms with van der Waals surface area (Å²) in [6.45, 7) is 6.55. The number of benzene rings is 2. The van der Waals surface area contributed by atoms with Crippen LogP contribution in [0.1, 0.15) is 45.6 Å². The van der Waals surface area contributed by atoms with Gasteiger partial charge in [-0.15, -0.1) is 0 Å².